The standard InChI is InChI=1S/C26H32ClN5O/c1-21-28-13-16-30(21)15-12-25(33)29-14-17-32-19-18-31(24-10-8-23(27)9-11-24)20-26(32,2)22-6-4-3-5-7-22/h3-11,13,16H,12,14-15,17-20H2,1-2H3,(H,29,33). The molecule has 7 heteroatoms. The van der Waals surface area contributed by atoms with Gasteiger partial charge in [-0.25, -0.2) is 4.98 Å². The Morgan fingerprint density at radius 1 is 1.09 bits per heavy atom. The van der Waals surface area contributed by atoms with E-state index in [4.69, 9.17) is 11.6 Å². The van der Waals surface area contributed by atoms with Crippen LogP contribution < -0.4 is 10.2 Å². The maximum Gasteiger partial charge on any atom is 0.221 e. The fourth-order valence-corrected chi connectivity index (χ4v) is 4.75. The summed E-state index contributed by atoms with van der Waals surface area (Å²) in [5, 5.41) is 3.86. The molecule has 1 N–H and O–H groups in total. The molecule has 174 valence electrons. The number of aryl methyl sites for hydroxylation is 2. The number of carbonyl (C=O) groups excluding carboxylic acids is 1. The minimum absolute atomic E-state index is 0.0734. The quantitative estimate of drug-likeness (QED) is 0.544. The number of imidazole rings is 1. The number of benzene rings is 2. The molecule has 1 unspecified atom stereocenters. The van der Waals surface area contributed by atoms with Crippen LogP contribution >= 0.6 is 11.6 Å². The Morgan fingerprint density at radius 3 is 2.55 bits per heavy atom. The van der Waals surface area contributed by atoms with Gasteiger partial charge >= 0.3 is 0 Å². The van der Waals surface area contributed by atoms with Crippen LogP contribution in [-0.4, -0.2) is 53.1 Å². The molecule has 3 aromatic rings. The van der Waals surface area contributed by atoms with E-state index in [0.717, 1.165) is 37.0 Å². The first-order valence-electron chi connectivity index (χ1n) is 11.5. The average molecular weight is 466 g/mol. The van der Waals surface area contributed by atoms with Crippen molar-refractivity contribution in [2.45, 2.75) is 32.4 Å². The van der Waals surface area contributed by atoms with Crippen LogP contribution in [0.3, 0.4) is 0 Å². The van der Waals surface area contributed by atoms with Gasteiger partial charge in [0, 0.05) is 68.8 Å². The van der Waals surface area contributed by atoms with Crippen molar-refractivity contribution in [1.82, 2.24) is 19.8 Å². The van der Waals surface area contributed by atoms with Crippen LogP contribution in [0.4, 0.5) is 5.69 Å². The van der Waals surface area contributed by atoms with Crippen molar-refractivity contribution in [3.8, 4) is 0 Å². The molecule has 0 bridgehead atoms. The third-order valence-electron chi connectivity index (χ3n) is 6.63. The number of hydrogen-bond acceptors (Lipinski definition) is 4. The lowest BCUT2D eigenvalue weighted by atomic mass is 9.87. The number of hydrogen-bond donors (Lipinski definition) is 1. The molecule has 1 saturated heterocycles. The molecule has 33 heavy (non-hydrogen) atoms. The molecular formula is C26H32ClN5O. The molecule has 1 atom stereocenters. The molecule has 4 rings (SSSR count). The molecule has 1 aliphatic heterocycles. The van der Waals surface area contributed by atoms with E-state index in [-0.39, 0.29) is 11.4 Å². The number of halogens is 1. The molecular weight excluding hydrogens is 434 g/mol. The van der Waals surface area contributed by atoms with Gasteiger partial charge in [0.25, 0.3) is 0 Å². The Balaban J connectivity index is 1.39. The van der Waals surface area contributed by atoms with Crippen LogP contribution in [0.15, 0.2) is 67.0 Å². The third-order valence-corrected chi connectivity index (χ3v) is 6.88. The van der Waals surface area contributed by atoms with E-state index in [1.54, 1.807) is 6.20 Å². The van der Waals surface area contributed by atoms with E-state index < -0.39 is 0 Å². The topological polar surface area (TPSA) is 53.4 Å². The van der Waals surface area contributed by atoms with E-state index in [2.05, 4.69) is 69.5 Å². The molecule has 2 heterocycles. The van der Waals surface area contributed by atoms with E-state index in [1.807, 2.05) is 29.8 Å². The van der Waals surface area contributed by atoms with Crippen LogP contribution in [0.2, 0.25) is 5.02 Å². The van der Waals surface area contributed by atoms with Crippen LogP contribution in [0.25, 0.3) is 0 Å². The fourth-order valence-electron chi connectivity index (χ4n) is 4.62. The Hall–Kier alpha value is -2.83. The highest BCUT2D eigenvalue weighted by Gasteiger charge is 2.39. The van der Waals surface area contributed by atoms with Gasteiger partial charge < -0.3 is 14.8 Å². The molecule has 0 radical (unpaired) electrons. The number of amides is 1. The van der Waals surface area contributed by atoms with Gasteiger partial charge in [-0.15, -0.1) is 0 Å². The summed E-state index contributed by atoms with van der Waals surface area (Å²) < 4.78 is 2.00. The highest BCUT2D eigenvalue weighted by Crippen LogP contribution is 2.34. The molecule has 0 saturated carbocycles. The summed E-state index contributed by atoms with van der Waals surface area (Å²) in [6.45, 7) is 9.04. The number of nitrogens with one attached hydrogen (secondary N) is 1. The second kappa shape index (κ2) is 10.4. The number of carbonyl (C=O) groups is 1. The lowest BCUT2D eigenvalue weighted by molar-refractivity contribution is -0.121. The van der Waals surface area contributed by atoms with Crippen molar-refractivity contribution < 1.29 is 4.79 Å². The second-order valence-electron chi connectivity index (χ2n) is 8.79. The number of nitrogens with zero attached hydrogens (tertiary/aromatic N) is 4. The number of aromatic nitrogens is 2. The molecule has 0 aliphatic carbocycles. The van der Waals surface area contributed by atoms with Gasteiger partial charge in [0.15, 0.2) is 0 Å². The maximum atomic E-state index is 12.4. The summed E-state index contributed by atoms with van der Waals surface area (Å²) in [6, 6.07) is 18.7. The SMILES string of the molecule is Cc1nccn1CCC(=O)NCCN1CCN(c2ccc(Cl)cc2)CC1(C)c1ccccc1. The summed E-state index contributed by atoms with van der Waals surface area (Å²) in [5.74, 6) is 1.00. The first kappa shape index (κ1) is 23.3. The van der Waals surface area contributed by atoms with E-state index in [1.165, 1.54) is 11.3 Å². The second-order valence-corrected chi connectivity index (χ2v) is 9.23. The number of piperazine rings is 1. The summed E-state index contributed by atoms with van der Waals surface area (Å²) in [5.41, 5.74) is 2.30. The zero-order valence-electron chi connectivity index (χ0n) is 19.4. The maximum absolute atomic E-state index is 12.4. The fraction of sp³-hybridized carbons (Fsp3) is 0.385. The van der Waals surface area contributed by atoms with Gasteiger partial charge in [0.1, 0.15) is 5.82 Å². The molecule has 2 aromatic carbocycles. The van der Waals surface area contributed by atoms with Gasteiger partial charge in [-0.2, -0.15) is 0 Å². The van der Waals surface area contributed by atoms with E-state index >= 15 is 0 Å². The Labute approximate surface area is 201 Å². The van der Waals surface area contributed by atoms with Gasteiger partial charge in [-0.1, -0.05) is 41.9 Å². The van der Waals surface area contributed by atoms with Crippen molar-refractivity contribution in [3.63, 3.8) is 0 Å². The van der Waals surface area contributed by atoms with Crippen LogP contribution in [0.1, 0.15) is 24.7 Å². The predicted molar refractivity (Wildman–Crippen MR) is 134 cm³/mol. The Morgan fingerprint density at radius 2 is 1.85 bits per heavy atom. The minimum atomic E-state index is -0.169. The summed E-state index contributed by atoms with van der Waals surface area (Å²) in [6.07, 6.45) is 4.13. The highest BCUT2D eigenvalue weighted by molar-refractivity contribution is 6.30. The smallest absolute Gasteiger partial charge is 0.221 e. The first-order valence-corrected chi connectivity index (χ1v) is 11.9. The molecule has 1 amide bonds. The predicted octanol–water partition coefficient (Wildman–Crippen LogP) is 4.09. The number of rotatable bonds is 8. The van der Waals surface area contributed by atoms with Crippen molar-refractivity contribution >= 4 is 23.2 Å². The Bertz CT molecular complexity index is 1050. The summed E-state index contributed by atoms with van der Waals surface area (Å²) >= 11 is 6.10. The van der Waals surface area contributed by atoms with Gasteiger partial charge in [-0.3, -0.25) is 9.69 Å². The largest absolute Gasteiger partial charge is 0.368 e. The van der Waals surface area contributed by atoms with Crippen LogP contribution in [-0.2, 0) is 16.9 Å². The Kier molecular flexibility index (Phi) is 7.36. The molecule has 1 aliphatic rings. The van der Waals surface area contributed by atoms with Crippen molar-refractivity contribution in [2.24, 2.45) is 0 Å². The average Bonchev–Trinajstić information content (AvgIpc) is 3.24. The minimum Gasteiger partial charge on any atom is -0.368 e. The molecule has 1 fully saturated rings. The van der Waals surface area contributed by atoms with Crippen molar-refractivity contribution in [3.05, 3.63) is 83.4 Å². The zero-order valence-corrected chi connectivity index (χ0v) is 20.1. The van der Waals surface area contributed by atoms with Crippen molar-refractivity contribution in [1.29, 1.82) is 0 Å². The van der Waals surface area contributed by atoms with Gasteiger partial charge in [0.2, 0.25) is 5.91 Å². The van der Waals surface area contributed by atoms with Gasteiger partial charge in [-0.05, 0) is 43.7 Å². The molecule has 6 nitrogen and oxygen atoms in total. The molecule has 1 aromatic heterocycles. The summed E-state index contributed by atoms with van der Waals surface area (Å²) in [7, 11) is 0. The third kappa shape index (κ3) is 5.57. The highest BCUT2D eigenvalue weighted by atomic mass is 35.5. The van der Waals surface area contributed by atoms with E-state index in [9.17, 15) is 4.79 Å². The lowest BCUT2D eigenvalue weighted by Crippen LogP contribution is -2.60. The number of anilines is 1. The molecule has 0 spiro atoms. The van der Waals surface area contributed by atoms with Gasteiger partial charge in [0.05, 0.1) is 5.54 Å². The monoisotopic (exact) mass is 465 g/mol. The van der Waals surface area contributed by atoms with Crippen LogP contribution in [0.5, 0.6) is 0 Å². The van der Waals surface area contributed by atoms with Crippen LogP contribution in [0, 0.1) is 6.92 Å². The normalized spacial score (nSPS) is 18.9. The van der Waals surface area contributed by atoms with E-state index in [0.29, 0.717) is 19.5 Å². The zero-order chi connectivity index (χ0) is 23.3. The van der Waals surface area contributed by atoms with Crippen molar-refractivity contribution in [2.75, 3.05) is 37.6 Å². The first-order chi connectivity index (χ1) is 16.0. The lowest BCUT2D eigenvalue weighted by Gasteiger charge is -2.50. The summed E-state index contributed by atoms with van der Waals surface area (Å²) in [4.78, 5) is 21.5.